The van der Waals surface area contributed by atoms with Crippen LogP contribution in [0.25, 0.3) is 11.1 Å². The summed E-state index contributed by atoms with van der Waals surface area (Å²) in [6, 6.07) is 5.33. The lowest BCUT2D eigenvalue weighted by molar-refractivity contribution is -0.136. The van der Waals surface area contributed by atoms with Gasteiger partial charge in [-0.05, 0) is 12.1 Å². The molecule has 0 aliphatic rings. The summed E-state index contributed by atoms with van der Waals surface area (Å²) in [5.74, 6) is -0.968. The van der Waals surface area contributed by atoms with Crippen LogP contribution in [-0.2, 0) is 11.2 Å². The smallest absolute Gasteiger partial charge is 0.358 e. The van der Waals surface area contributed by atoms with E-state index in [9.17, 15) is 9.59 Å². The summed E-state index contributed by atoms with van der Waals surface area (Å²) in [7, 11) is 3.77. The zero-order valence-corrected chi connectivity index (χ0v) is 10.7. The Morgan fingerprint density at radius 1 is 1.42 bits per heavy atom. The first kappa shape index (κ1) is 13.1. The number of nitrogens with zero attached hydrogens (tertiary/aromatic N) is 2. The molecule has 1 N–H and O–H groups in total. The summed E-state index contributed by atoms with van der Waals surface area (Å²) in [5.41, 5.74) is 1.41. The van der Waals surface area contributed by atoms with E-state index in [1.165, 1.54) is 0 Å². The number of carboxylic acid groups (broad SMARTS) is 1. The summed E-state index contributed by atoms with van der Waals surface area (Å²) in [6.07, 6.45) is -0.0674. The van der Waals surface area contributed by atoms with Crippen LogP contribution < -0.4 is 10.5 Å². The largest absolute Gasteiger partial charge is 0.481 e. The molecule has 0 fully saturated rings. The highest BCUT2D eigenvalue weighted by molar-refractivity contribution is 5.76. The van der Waals surface area contributed by atoms with Crippen LogP contribution in [0.2, 0.25) is 0 Å². The number of carboxylic acids is 1. The molecule has 0 amide bonds. The van der Waals surface area contributed by atoms with Gasteiger partial charge in [0.05, 0.1) is 6.42 Å². The van der Waals surface area contributed by atoms with Gasteiger partial charge in [0.25, 0.3) is 0 Å². The fourth-order valence-electron chi connectivity index (χ4n) is 1.69. The molecule has 19 heavy (non-hydrogen) atoms. The van der Waals surface area contributed by atoms with Crippen molar-refractivity contribution in [2.24, 2.45) is 0 Å². The molecule has 1 aromatic heterocycles. The highest BCUT2D eigenvalue weighted by Crippen LogP contribution is 2.18. The van der Waals surface area contributed by atoms with Gasteiger partial charge < -0.3 is 14.4 Å². The maximum absolute atomic E-state index is 11.7. The van der Waals surface area contributed by atoms with Gasteiger partial charge >= 0.3 is 11.6 Å². The summed E-state index contributed by atoms with van der Waals surface area (Å²) in [5, 5.41) is 8.61. The lowest BCUT2D eigenvalue weighted by Crippen LogP contribution is -2.13. The number of carbonyl (C=O) groups is 1. The van der Waals surface area contributed by atoms with E-state index in [2.05, 4.69) is 4.98 Å². The number of anilines is 1. The summed E-state index contributed by atoms with van der Waals surface area (Å²) < 4.78 is 5.18. The number of aryl methyl sites for hydroxylation is 1. The number of hydrogen-bond acceptors (Lipinski definition) is 5. The van der Waals surface area contributed by atoms with Gasteiger partial charge in [0.1, 0.15) is 11.2 Å². The molecule has 2 rings (SSSR count). The van der Waals surface area contributed by atoms with Gasteiger partial charge in [-0.1, -0.05) is 0 Å². The molecule has 0 unspecified atom stereocenters. The predicted octanol–water partition coefficient (Wildman–Crippen LogP) is 1.27. The Hall–Kier alpha value is -2.37. The van der Waals surface area contributed by atoms with Crippen LogP contribution in [0.3, 0.4) is 0 Å². The van der Waals surface area contributed by atoms with Crippen molar-refractivity contribution in [2.45, 2.75) is 12.8 Å². The maximum Gasteiger partial charge on any atom is 0.358 e. The average Bonchev–Trinajstić information content (AvgIpc) is 2.35. The third-order valence-corrected chi connectivity index (χ3v) is 2.73. The Bertz CT molecular complexity index is 676. The fourth-order valence-corrected chi connectivity index (χ4v) is 1.69. The molecule has 0 spiro atoms. The quantitative estimate of drug-likeness (QED) is 0.893. The minimum atomic E-state index is -0.968. The van der Waals surface area contributed by atoms with Crippen LogP contribution in [0.15, 0.2) is 27.4 Å². The number of fused-ring (bicyclic) bond motifs is 1. The van der Waals surface area contributed by atoms with Crippen LogP contribution in [0.1, 0.15) is 12.1 Å². The van der Waals surface area contributed by atoms with Crippen molar-refractivity contribution in [3.63, 3.8) is 0 Å². The summed E-state index contributed by atoms with van der Waals surface area (Å²) in [6.45, 7) is 0. The maximum atomic E-state index is 11.7. The number of hydrogen-bond donors (Lipinski definition) is 1. The third-order valence-electron chi connectivity index (χ3n) is 2.73. The second-order valence-corrected chi connectivity index (χ2v) is 4.39. The first-order chi connectivity index (χ1) is 8.97. The molecule has 0 saturated heterocycles. The van der Waals surface area contributed by atoms with Gasteiger partial charge in [0, 0.05) is 32.3 Å². The number of aromatic nitrogens is 1. The van der Waals surface area contributed by atoms with Crippen molar-refractivity contribution in [1.29, 1.82) is 0 Å². The molecule has 100 valence electrons. The van der Waals surface area contributed by atoms with Gasteiger partial charge in [0.15, 0.2) is 5.58 Å². The van der Waals surface area contributed by atoms with Crippen molar-refractivity contribution in [3.05, 3.63) is 34.3 Å². The van der Waals surface area contributed by atoms with E-state index in [4.69, 9.17) is 9.52 Å². The third kappa shape index (κ3) is 2.90. The van der Waals surface area contributed by atoms with E-state index in [0.717, 1.165) is 5.69 Å². The Balaban J connectivity index is 2.43. The minimum Gasteiger partial charge on any atom is -0.481 e. The molecule has 1 heterocycles. The van der Waals surface area contributed by atoms with E-state index in [0.29, 0.717) is 11.1 Å². The van der Waals surface area contributed by atoms with Gasteiger partial charge in [-0.15, -0.1) is 0 Å². The molecule has 0 bridgehead atoms. The van der Waals surface area contributed by atoms with Crippen LogP contribution in [-0.4, -0.2) is 30.2 Å². The van der Waals surface area contributed by atoms with Crippen molar-refractivity contribution in [1.82, 2.24) is 4.98 Å². The molecule has 0 radical (unpaired) electrons. The molecule has 2 aromatic rings. The number of aliphatic carboxylic acids is 1. The summed E-state index contributed by atoms with van der Waals surface area (Å²) >= 11 is 0. The van der Waals surface area contributed by atoms with Crippen molar-refractivity contribution < 1.29 is 14.3 Å². The fraction of sp³-hybridized carbons (Fsp3) is 0.308. The Morgan fingerprint density at radius 3 is 2.79 bits per heavy atom. The second kappa shape index (κ2) is 5.09. The molecule has 0 saturated carbocycles. The molecule has 0 atom stereocenters. The van der Waals surface area contributed by atoms with Crippen LogP contribution >= 0.6 is 0 Å². The molecule has 6 heteroatoms. The van der Waals surface area contributed by atoms with Crippen molar-refractivity contribution in [2.75, 3.05) is 19.0 Å². The average molecular weight is 262 g/mol. The SMILES string of the molecule is CN(C)c1ccc2nc(CCC(=O)O)c(=O)oc2c1. The topological polar surface area (TPSA) is 83.6 Å². The lowest BCUT2D eigenvalue weighted by Gasteiger charge is -2.12. The van der Waals surface area contributed by atoms with E-state index in [1.54, 1.807) is 12.1 Å². The van der Waals surface area contributed by atoms with Crippen LogP contribution in [0, 0.1) is 0 Å². The standard InChI is InChI=1S/C13H14N2O4/c1-15(2)8-3-4-9-11(7-8)19-13(18)10(14-9)5-6-12(16)17/h3-4,7H,5-6H2,1-2H3,(H,16,17). The number of benzene rings is 1. The van der Waals surface area contributed by atoms with Crippen molar-refractivity contribution >= 4 is 22.8 Å². The van der Waals surface area contributed by atoms with Gasteiger partial charge in [-0.25, -0.2) is 9.78 Å². The Morgan fingerprint density at radius 2 is 2.16 bits per heavy atom. The molecular weight excluding hydrogens is 248 g/mol. The van der Waals surface area contributed by atoms with Gasteiger partial charge in [0.2, 0.25) is 0 Å². The second-order valence-electron chi connectivity index (χ2n) is 4.39. The first-order valence-electron chi connectivity index (χ1n) is 5.80. The normalized spacial score (nSPS) is 10.6. The monoisotopic (exact) mass is 262 g/mol. The van der Waals surface area contributed by atoms with E-state index in [-0.39, 0.29) is 18.5 Å². The van der Waals surface area contributed by atoms with E-state index < -0.39 is 11.6 Å². The first-order valence-corrected chi connectivity index (χ1v) is 5.80. The Labute approximate surface area is 109 Å². The van der Waals surface area contributed by atoms with Crippen LogP contribution in [0.5, 0.6) is 0 Å². The molecule has 1 aromatic carbocycles. The predicted molar refractivity (Wildman–Crippen MR) is 70.6 cm³/mol. The molecule has 0 aliphatic carbocycles. The molecular formula is C13H14N2O4. The number of rotatable bonds is 4. The summed E-state index contributed by atoms with van der Waals surface area (Å²) in [4.78, 5) is 28.2. The van der Waals surface area contributed by atoms with Crippen molar-refractivity contribution in [3.8, 4) is 0 Å². The zero-order valence-electron chi connectivity index (χ0n) is 10.7. The van der Waals surface area contributed by atoms with Gasteiger partial charge in [-0.2, -0.15) is 0 Å². The Kier molecular flexibility index (Phi) is 3.50. The van der Waals surface area contributed by atoms with Crippen LogP contribution in [0.4, 0.5) is 5.69 Å². The highest BCUT2D eigenvalue weighted by atomic mass is 16.4. The molecule has 0 aliphatic heterocycles. The van der Waals surface area contributed by atoms with E-state index in [1.807, 2.05) is 25.1 Å². The van der Waals surface area contributed by atoms with E-state index >= 15 is 0 Å². The lowest BCUT2D eigenvalue weighted by atomic mass is 10.2. The van der Waals surface area contributed by atoms with Gasteiger partial charge in [-0.3, -0.25) is 4.79 Å². The molecule has 6 nitrogen and oxygen atoms in total. The minimum absolute atomic E-state index is 0.0725. The highest BCUT2D eigenvalue weighted by Gasteiger charge is 2.10. The zero-order chi connectivity index (χ0) is 14.0.